The standard InChI is InChI=1S/C13H16N4O/c1-4-14-8-11-12(1)16-9-17-13(11)15-7-10-2-5-18-6-3-10/h1,4,8-10H,2-3,5-7H2,(H,15,16,17). The maximum Gasteiger partial charge on any atom is 0.138 e. The van der Waals surface area contributed by atoms with Gasteiger partial charge in [-0.05, 0) is 24.8 Å². The highest BCUT2D eigenvalue weighted by molar-refractivity contribution is 5.87. The lowest BCUT2D eigenvalue weighted by Gasteiger charge is -2.22. The van der Waals surface area contributed by atoms with Crippen LogP contribution in [0.15, 0.2) is 24.8 Å². The highest BCUT2D eigenvalue weighted by Gasteiger charge is 2.14. The van der Waals surface area contributed by atoms with Gasteiger partial charge in [0.1, 0.15) is 12.1 Å². The number of aromatic nitrogens is 3. The van der Waals surface area contributed by atoms with Crippen LogP contribution in [0.5, 0.6) is 0 Å². The lowest BCUT2D eigenvalue weighted by atomic mass is 10.0. The quantitative estimate of drug-likeness (QED) is 0.893. The molecule has 3 heterocycles. The van der Waals surface area contributed by atoms with E-state index in [1.54, 1.807) is 12.5 Å². The third-order valence-electron chi connectivity index (χ3n) is 3.34. The van der Waals surface area contributed by atoms with E-state index < -0.39 is 0 Å². The van der Waals surface area contributed by atoms with Gasteiger partial charge in [-0.15, -0.1) is 0 Å². The van der Waals surface area contributed by atoms with E-state index in [2.05, 4.69) is 20.3 Å². The zero-order chi connectivity index (χ0) is 12.2. The van der Waals surface area contributed by atoms with E-state index in [0.29, 0.717) is 5.92 Å². The summed E-state index contributed by atoms with van der Waals surface area (Å²) >= 11 is 0. The van der Waals surface area contributed by atoms with Crippen LogP contribution >= 0.6 is 0 Å². The maximum atomic E-state index is 5.36. The molecule has 0 aliphatic carbocycles. The van der Waals surface area contributed by atoms with Crippen LogP contribution in [0.25, 0.3) is 10.9 Å². The van der Waals surface area contributed by atoms with Gasteiger partial charge in [-0.1, -0.05) is 0 Å². The SMILES string of the molecule is c1cc2ncnc(NCC3CCOCC3)c2cn1. The van der Waals surface area contributed by atoms with Gasteiger partial charge in [0.2, 0.25) is 0 Å². The van der Waals surface area contributed by atoms with Gasteiger partial charge in [0, 0.05) is 32.2 Å². The van der Waals surface area contributed by atoms with E-state index in [1.807, 2.05) is 12.3 Å². The third-order valence-corrected chi connectivity index (χ3v) is 3.34. The summed E-state index contributed by atoms with van der Waals surface area (Å²) in [4.78, 5) is 12.7. The normalized spacial score (nSPS) is 16.9. The smallest absolute Gasteiger partial charge is 0.138 e. The number of pyridine rings is 1. The van der Waals surface area contributed by atoms with Gasteiger partial charge in [-0.3, -0.25) is 4.98 Å². The van der Waals surface area contributed by atoms with Crippen molar-refractivity contribution in [2.45, 2.75) is 12.8 Å². The Bertz CT molecular complexity index is 520. The first kappa shape index (κ1) is 11.3. The van der Waals surface area contributed by atoms with Gasteiger partial charge in [-0.2, -0.15) is 0 Å². The van der Waals surface area contributed by atoms with Crippen molar-refractivity contribution in [1.82, 2.24) is 15.0 Å². The van der Waals surface area contributed by atoms with Crippen LogP contribution < -0.4 is 5.32 Å². The Labute approximate surface area is 106 Å². The molecule has 0 bridgehead atoms. The monoisotopic (exact) mass is 244 g/mol. The molecule has 5 heteroatoms. The number of nitrogens with one attached hydrogen (secondary N) is 1. The zero-order valence-corrected chi connectivity index (χ0v) is 10.2. The summed E-state index contributed by atoms with van der Waals surface area (Å²) in [5.74, 6) is 1.54. The first-order valence-electron chi connectivity index (χ1n) is 6.30. The lowest BCUT2D eigenvalue weighted by Crippen LogP contribution is -2.23. The van der Waals surface area contributed by atoms with Crippen LogP contribution in [0.1, 0.15) is 12.8 Å². The molecule has 1 fully saturated rings. The molecular weight excluding hydrogens is 228 g/mol. The predicted molar refractivity (Wildman–Crippen MR) is 69.4 cm³/mol. The van der Waals surface area contributed by atoms with E-state index >= 15 is 0 Å². The molecule has 18 heavy (non-hydrogen) atoms. The number of anilines is 1. The van der Waals surface area contributed by atoms with E-state index in [4.69, 9.17) is 4.74 Å². The summed E-state index contributed by atoms with van der Waals surface area (Å²) < 4.78 is 5.36. The fourth-order valence-corrected chi connectivity index (χ4v) is 2.23. The Hall–Kier alpha value is -1.75. The van der Waals surface area contributed by atoms with Crippen molar-refractivity contribution < 1.29 is 4.74 Å². The molecule has 0 atom stereocenters. The van der Waals surface area contributed by atoms with Crippen LogP contribution in [-0.4, -0.2) is 34.7 Å². The molecule has 1 aliphatic heterocycles. The molecule has 0 spiro atoms. The summed E-state index contributed by atoms with van der Waals surface area (Å²) in [7, 11) is 0. The minimum Gasteiger partial charge on any atom is -0.381 e. The molecule has 1 N–H and O–H groups in total. The molecule has 5 nitrogen and oxygen atoms in total. The lowest BCUT2D eigenvalue weighted by molar-refractivity contribution is 0.0699. The van der Waals surface area contributed by atoms with E-state index in [9.17, 15) is 0 Å². The number of rotatable bonds is 3. The highest BCUT2D eigenvalue weighted by atomic mass is 16.5. The zero-order valence-electron chi connectivity index (χ0n) is 10.2. The second-order valence-electron chi connectivity index (χ2n) is 4.55. The van der Waals surface area contributed by atoms with Crippen LogP contribution in [0.4, 0.5) is 5.82 Å². The molecular formula is C13H16N4O. The molecule has 0 aromatic carbocycles. The maximum absolute atomic E-state index is 5.36. The Balaban J connectivity index is 1.74. The first-order valence-corrected chi connectivity index (χ1v) is 6.30. The molecule has 1 aliphatic rings. The molecule has 0 radical (unpaired) electrons. The summed E-state index contributed by atoms with van der Waals surface area (Å²) in [6.07, 6.45) is 7.39. The van der Waals surface area contributed by atoms with Gasteiger partial charge < -0.3 is 10.1 Å². The van der Waals surface area contributed by atoms with Gasteiger partial charge in [-0.25, -0.2) is 9.97 Å². The Morgan fingerprint density at radius 2 is 2.17 bits per heavy atom. The molecule has 0 amide bonds. The fraction of sp³-hybridized carbons (Fsp3) is 0.462. The summed E-state index contributed by atoms with van der Waals surface area (Å²) in [6, 6.07) is 1.90. The van der Waals surface area contributed by atoms with Gasteiger partial charge in [0.05, 0.1) is 10.9 Å². The summed E-state index contributed by atoms with van der Waals surface area (Å²) in [5, 5.41) is 4.39. The first-order chi connectivity index (χ1) is 8.93. The summed E-state index contributed by atoms with van der Waals surface area (Å²) in [5.41, 5.74) is 0.925. The average Bonchev–Trinajstić information content (AvgIpc) is 2.46. The predicted octanol–water partition coefficient (Wildman–Crippen LogP) is 1.86. The summed E-state index contributed by atoms with van der Waals surface area (Å²) in [6.45, 7) is 2.68. The van der Waals surface area contributed by atoms with E-state index in [1.165, 1.54) is 0 Å². The average molecular weight is 244 g/mol. The van der Waals surface area contributed by atoms with Crippen molar-refractivity contribution in [2.75, 3.05) is 25.1 Å². The molecule has 0 saturated carbocycles. The minimum absolute atomic E-state index is 0.667. The molecule has 94 valence electrons. The van der Waals surface area contributed by atoms with Crippen molar-refractivity contribution in [2.24, 2.45) is 5.92 Å². The Morgan fingerprint density at radius 1 is 1.28 bits per heavy atom. The molecule has 3 rings (SSSR count). The largest absolute Gasteiger partial charge is 0.381 e. The second kappa shape index (κ2) is 5.27. The number of ether oxygens (including phenoxy) is 1. The van der Waals surface area contributed by atoms with Crippen LogP contribution in [-0.2, 0) is 4.74 Å². The number of hydrogen-bond donors (Lipinski definition) is 1. The van der Waals surface area contributed by atoms with Gasteiger partial charge in [0.15, 0.2) is 0 Å². The van der Waals surface area contributed by atoms with Gasteiger partial charge in [0.25, 0.3) is 0 Å². The molecule has 2 aromatic heterocycles. The van der Waals surface area contributed by atoms with Crippen molar-refractivity contribution >= 4 is 16.7 Å². The molecule has 0 unspecified atom stereocenters. The molecule has 1 saturated heterocycles. The Morgan fingerprint density at radius 3 is 3.06 bits per heavy atom. The van der Waals surface area contributed by atoms with Gasteiger partial charge >= 0.3 is 0 Å². The van der Waals surface area contributed by atoms with Crippen LogP contribution in [0.2, 0.25) is 0 Å². The number of fused-ring (bicyclic) bond motifs is 1. The topological polar surface area (TPSA) is 59.9 Å². The Kier molecular flexibility index (Phi) is 3.32. The highest BCUT2D eigenvalue weighted by Crippen LogP contribution is 2.19. The van der Waals surface area contributed by atoms with E-state index in [0.717, 1.165) is 49.3 Å². The third kappa shape index (κ3) is 2.41. The fourth-order valence-electron chi connectivity index (χ4n) is 2.23. The minimum atomic E-state index is 0.667. The van der Waals surface area contributed by atoms with Crippen LogP contribution in [0.3, 0.4) is 0 Å². The van der Waals surface area contributed by atoms with Crippen molar-refractivity contribution in [3.05, 3.63) is 24.8 Å². The number of nitrogens with zero attached hydrogens (tertiary/aromatic N) is 3. The van der Waals surface area contributed by atoms with Crippen LogP contribution in [0, 0.1) is 5.92 Å². The number of hydrogen-bond acceptors (Lipinski definition) is 5. The van der Waals surface area contributed by atoms with Crippen molar-refractivity contribution in [1.29, 1.82) is 0 Å². The van der Waals surface area contributed by atoms with E-state index in [-0.39, 0.29) is 0 Å². The van der Waals surface area contributed by atoms with Crippen molar-refractivity contribution in [3.8, 4) is 0 Å². The van der Waals surface area contributed by atoms with Crippen molar-refractivity contribution in [3.63, 3.8) is 0 Å². The second-order valence-corrected chi connectivity index (χ2v) is 4.55. The molecule has 2 aromatic rings.